The first-order chi connectivity index (χ1) is 40.3. The molecule has 21 nitrogen and oxygen atoms in total. The molecular weight excluding hydrogens is 1090 g/mol. The van der Waals surface area contributed by atoms with Gasteiger partial charge in [0.25, 0.3) is 11.8 Å². The maximum atomic E-state index is 14.3. The van der Waals surface area contributed by atoms with Gasteiger partial charge in [0.1, 0.15) is 45.6 Å². The molecular formula is C60H83N13O8S2. The van der Waals surface area contributed by atoms with E-state index in [4.69, 9.17) is 9.97 Å². The molecule has 2 aromatic carbocycles. The van der Waals surface area contributed by atoms with Gasteiger partial charge < -0.3 is 57.7 Å². The van der Waals surface area contributed by atoms with Crippen molar-refractivity contribution in [2.75, 3.05) is 64.0 Å². The second-order valence-electron chi connectivity index (χ2n) is 22.2. The van der Waals surface area contributed by atoms with E-state index in [0.717, 1.165) is 98.0 Å². The maximum Gasteiger partial charge on any atom is 0.280 e. The lowest BCUT2D eigenvalue weighted by Gasteiger charge is -2.35. The van der Waals surface area contributed by atoms with Crippen molar-refractivity contribution in [1.82, 2.24) is 57.0 Å². The van der Waals surface area contributed by atoms with Gasteiger partial charge in [-0.25, -0.2) is 9.97 Å². The summed E-state index contributed by atoms with van der Waals surface area (Å²) in [5, 5.41) is 28.5. The van der Waals surface area contributed by atoms with Crippen LogP contribution >= 0.6 is 22.7 Å². The van der Waals surface area contributed by atoms with Crippen molar-refractivity contribution in [3.8, 4) is 22.5 Å². The van der Waals surface area contributed by atoms with Gasteiger partial charge in [-0.15, -0.1) is 0 Å². The van der Waals surface area contributed by atoms with Crippen LogP contribution in [0.4, 0.5) is 10.0 Å². The van der Waals surface area contributed by atoms with Gasteiger partial charge in [-0.1, -0.05) is 122 Å². The first-order valence-corrected chi connectivity index (χ1v) is 31.5. The summed E-state index contributed by atoms with van der Waals surface area (Å²) in [5.41, 5.74) is 2.35. The summed E-state index contributed by atoms with van der Waals surface area (Å²) in [6, 6.07) is 14.7. The van der Waals surface area contributed by atoms with Crippen molar-refractivity contribution in [3.05, 3.63) is 70.7 Å². The average Bonchev–Trinajstić information content (AvgIpc) is 4.56. The largest absolute Gasteiger partial charge is 0.350 e. The summed E-state index contributed by atoms with van der Waals surface area (Å²) in [4.78, 5) is 123. The van der Waals surface area contributed by atoms with Gasteiger partial charge in [0, 0.05) is 37.3 Å². The fourth-order valence-corrected chi connectivity index (χ4v) is 13.4. The summed E-state index contributed by atoms with van der Waals surface area (Å²) >= 11 is 2.15. The highest BCUT2D eigenvalue weighted by Gasteiger charge is 2.43. The first-order valence-electron chi connectivity index (χ1n) is 29.8. The predicted octanol–water partition coefficient (Wildman–Crippen LogP) is 5.67. The number of nitrogens with one attached hydrogen (secondary N) is 9. The number of anilines is 2. The number of nitrogens with zero attached hydrogens (tertiary/aromatic N) is 4. The number of hydrogen-bond donors (Lipinski definition) is 9. The van der Waals surface area contributed by atoms with E-state index in [1.165, 1.54) is 0 Å². The van der Waals surface area contributed by atoms with Gasteiger partial charge in [0.05, 0.1) is 12.1 Å². The Balaban J connectivity index is 0.807. The zero-order valence-corrected chi connectivity index (χ0v) is 50.0. The molecule has 4 heterocycles. The Morgan fingerprint density at radius 2 is 0.904 bits per heavy atom. The minimum absolute atomic E-state index is 0.0130. The minimum atomic E-state index is -0.754. The molecule has 2 saturated heterocycles. The van der Waals surface area contributed by atoms with Gasteiger partial charge >= 0.3 is 0 Å². The van der Waals surface area contributed by atoms with Gasteiger partial charge in [0.15, 0.2) is 10.0 Å². The Hall–Kier alpha value is -6.66. The van der Waals surface area contributed by atoms with Crippen LogP contribution in [0.15, 0.2) is 60.7 Å². The molecule has 9 N–H and O–H groups in total. The van der Waals surface area contributed by atoms with Crippen molar-refractivity contribution in [2.24, 2.45) is 11.8 Å². The lowest BCUT2D eigenvalue weighted by atomic mass is 9.83. The van der Waals surface area contributed by atoms with E-state index >= 15 is 0 Å². The maximum absolute atomic E-state index is 14.3. The van der Waals surface area contributed by atoms with Crippen LogP contribution in [0.3, 0.4) is 0 Å². The van der Waals surface area contributed by atoms with Crippen LogP contribution in [0.2, 0.25) is 0 Å². The van der Waals surface area contributed by atoms with Crippen molar-refractivity contribution in [3.63, 3.8) is 0 Å². The molecule has 2 aliphatic carbocycles. The number of likely N-dealkylation sites (N-methyl/N-ethyl adjacent to an activating group) is 2. The van der Waals surface area contributed by atoms with E-state index in [0.29, 0.717) is 99.2 Å². The van der Waals surface area contributed by atoms with Crippen molar-refractivity contribution in [1.29, 1.82) is 0 Å². The third-order valence-electron chi connectivity index (χ3n) is 16.5. The van der Waals surface area contributed by atoms with E-state index in [2.05, 4.69) is 47.9 Å². The summed E-state index contributed by atoms with van der Waals surface area (Å²) in [7, 11) is 3.40. The first kappa shape index (κ1) is 62.4. The van der Waals surface area contributed by atoms with Crippen molar-refractivity contribution >= 4 is 79.9 Å². The highest BCUT2D eigenvalue weighted by Crippen LogP contribution is 2.37. The van der Waals surface area contributed by atoms with E-state index in [1.807, 2.05) is 60.7 Å². The summed E-state index contributed by atoms with van der Waals surface area (Å²) in [6.45, 7) is 6.18. The van der Waals surface area contributed by atoms with Crippen LogP contribution in [0, 0.1) is 11.8 Å². The smallest absolute Gasteiger partial charge is 0.280 e. The zero-order chi connectivity index (χ0) is 58.8. The number of carbonyl (C=O) groups excluding carboxylic acids is 8. The van der Waals surface area contributed by atoms with Crippen molar-refractivity contribution < 1.29 is 38.4 Å². The Morgan fingerprint density at radius 3 is 1.28 bits per heavy atom. The number of carbonyl (C=O) groups is 8. The standard InChI is InChI=1S/C60H83N13O8S2/c1-37(61-3)49(74)66-47(41-25-13-7-14-26-41)59(80)72-35-17-29-43(72)51(76)70-55-45(39-21-9-5-10-22-39)68-57(82-55)53(78)64-33-19-31-63-32-20-34-65-54(79)58-69-46(40-23-11-6-12-24-40)56(83-58)71-52(77)44-30-18-36-73(44)60(81)48(42-27-15-8-16-28-42)67-50(75)38(2)62-4/h5-6,9-12,21-24,37-38,41-44,47-48,61-63H,7-8,13-20,25-36H2,1-4H3,(H,64,78)(H,65,79)(H,66,74)(H,67,75)(H,70,76)(H,71,77)/t37-,38-,43-,44?,47-,48-/m0/s1. The van der Waals surface area contributed by atoms with Crippen LogP contribution in [0.1, 0.15) is 136 Å². The number of likely N-dealkylation sites (tertiary alicyclic amines) is 2. The molecule has 23 heteroatoms. The van der Waals surface area contributed by atoms with Gasteiger partial charge in [0.2, 0.25) is 35.4 Å². The fraction of sp³-hybridized carbons (Fsp3) is 0.567. The van der Waals surface area contributed by atoms with E-state index in [9.17, 15) is 38.4 Å². The lowest BCUT2D eigenvalue weighted by Crippen LogP contribution is -2.57. The van der Waals surface area contributed by atoms with Gasteiger partial charge in [-0.3, -0.25) is 38.4 Å². The molecule has 4 aromatic rings. The van der Waals surface area contributed by atoms with E-state index in [1.54, 1.807) is 37.7 Å². The van der Waals surface area contributed by atoms with E-state index < -0.39 is 36.3 Å². The molecule has 0 spiro atoms. The van der Waals surface area contributed by atoms with Crippen LogP contribution < -0.4 is 47.9 Å². The Kier molecular flexibility index (Phi) is 23.1. The third kappa shape index (κ3) is 16.4. The number of amides is 8. The Labute approximate surface area is 494 Å². The molecule has 2 saturated carbocycles. The van der Waals surface area contributed by atoms with Gasteiger partial charge in [-0.2, -0.15) is 0 Å². The molecule has 4 aliphatic rings. The molecule has 0 bridgehead atoms. The second kappa shape index (κ2) is 30.8. The highest BCUT2D eigenvalue weighted by molar-refractivity contribution is 7.18. The van der Waals surface area contributed by atoms with Crippen LogP contribution in [-0.2, 0) is 28.8 Å². The summed E-state index contributed by atoms with van der Waals surface area (Å²) < 4.78 is 0. The summed E-state index contributed by atoms with van der Waals surface area (Å²) in [5.74, 6) is -2.51. The van der Waals surface area contributed by atoms with Crippen molar-refractivity contribution in [2.45, 2.75) is 153 Å². The second-order valence-corrected chi connectivity index (χ2v) is 24.2. The topological polar surface area (TPSA) is 277 Å². The Morgan fingerprint density at radius 1 is 0.518 bits per heavy atom. The third-order valence-corrected chi connectivity index (χ3v) is 18.5. The van der Waals surface area contributed by atoms with Crippen LogP contribution in [0.5, 0.6) is 0 Å². The fourth-order valence-electron chi connectivity index (χ4n) is 11.6. The number of thiazole rings is 2. The molecule has 83 heavy (non-hydrogen) atoms. The van der Waals surface area contributed by atoms with E-state index in [-0.39, 0.29) is 69.1 Å². The number of rotatable bonds is 26. The lowest BCUT2D eigenvalue weighted by molar-refractivity contribution is -0.142. The monoisotopic (exact) mass is 1180 g/mol. The number of aromatic nitrogens is 2. The zero-order valence-electron chi connectivity index (χ0n) is 48.3. The molecule has 1 unspecified atom stereocenters. The average molecular weight is 1180 g/mol. The molecule has 4 fully saturated rings. The summed E-state index contributed by atoms with van der Waals surface area (Å²) in [6.07, 6.45) is 12.9. The quantitative estimate of drug-likeness (QED) is 0.0344. The number of benzene rings is 2. The predicted molar refractivity (Wildman–Crippen MR) is 323 cm³/mol. The van der Waals surface area contributed by atoms with Crippen LogP contribution in [0.25, 0.3) is 22.5 Å². The number of hydrogen-bond acceptors (Lipinski definition) is 15. The van der Waals surface area contributed by atoms with Crippen LogP contribution in [-0.4, -0.2) is 157 Å². The SMILES string of the molecule is CN[C@@H](C)C(=O)N[C@H](C(=O)N1CCCC1C(=O)Nc1sc(C(=O)NCCCNCCCNC(=O)c2nc(-c3ccccc3)c(NC(=O)[C@@H]3CCCN3C(=O)[C@@H](NC(=O)[C@H](C)NC)C3CCCCC3)s2)nc1-c1ccccc1)C1CCCCC1. The van der Waals surface area contributed by atoms with Gasteiger partial charge in [-0.05, 0) is 117 Å². The molecule has 2 aromatic heterocycles. The molecule has 0 radical (unpaired) electrons. The molecule has 448 valence electrons. The molecule has 8 rings (SSSR count). The normalized spacial score (nSPS) is 19.0. The Bertz CT molecular complexity index is 2670. The molecule has 8 amide bonds. The highest BCUT2D eigenvalue weighted by atomic mass is 32.1. The molecule has 2 aliphatic heterocycles. The molecule has 6 atom stereocenters. The minimum Gasteiger partial charge on any atom is -0.350 e.